The Labute approximate surface area is 199 Å². The van der Waals surface area contributed by atoms with E-state index in [4.69, 9.17) is 27.9 Å². The Balaban J connectivity index is 4.33. The summed E-state index contributed by atoms with van der Waals surface area (Å²) < 4.78 is 7.83. The summed E-state index contributed by atoms with van der Waals surface area (Å²) in [6.07, 6.45) is 17.2. The Morgan fingerprint density at radius 2 is 0.967 bits per heavy atom. The van der Waals surface area contributed by atoms with Gasteiger partial charge in [-0.25, -0.2) is 0 Å². The largest absolute Gasteiger partial charge is 0.360 e. The number of unbranched alkanes of at least 4 members (excludes halogenated alkanes) is 10. The van der Waals surface area contributed by atoms with Crippen molar-refractivity contribution in [3.8, 4) is 0 Å². The van der Waals surface area contributed by atoms with Gasteiger partial charge in [0, 0.05) is 0 Å². The zero-order chi connectivity index (χ0) is 23.2. The molecule has 0 heterocycles. The predicted molar refractivity (Wildman–Crippen MR) is 135 cm³/mol. The van der Waals surface area contributed by atoms with Crippen molar-refractivity contribution in [2.24, 2.45) is 0 Å². The van der Waals surface area contributed by atoms with Gasteiger partial charge in [0.1, 0.15) is 0 Å². The SMILES string of the molecule is CCCCCCCCCCCCCC(CC)OC(C(Cl)[N+](C)(C)C)C(Cl)[N+](C)(C)C. The van der Waals surface area contributed by atoms with E-state index in [1.54, 1.807) is 0 Å². The van der Waals surface area contributed by atoms with Crippen LogP contribution in [0.2, 0.25) is 0 Å². The molecule has 182 valence electrons. The zero-order valence-corrected chi connectivity index (χ0v) is 23.1. The number of quaternary nitrogens is 2. The minimum Gasteiger partial charge on any atom is -0.360 e. The van der Waals surface area contributed by atoms with Crippen LogP contribution in [-0.2, 0) is 4.74 Å². The summed E-state index contributed by atoms with van der Waals surface area (Å²) in [4.78, 5) is 0. The first-order chi connectivity index (χ1) is 13.9. The zero-order valence-electron chi connectivity index (χ0n) is 21.6. The number of alkyl halides is 2. The average Bonchev–Trinajstić information content (AvgIpc) is 2.66. The van der Waals surface area contributed by atoms with Gasteiger partial charge in [0.25, 0.3) is 0 Å². The van der Waals surface area contributed by atoms with Crippen LogP contribution in [0.15, 0.2) is 0 Å². The van der Waals surface area contributed by atoms with Gasteiger partial charge in [-0.2, -0.15) is 0 Å². The lowest BCUT2D eigenvalue weighted by molar-refractivity contribution is -0.910. The van der Waals surface area contributed by atoms with Crippen LogP contribution in [0.5, 0.6) is 0 Å². The van der Waals surface area contributed by atoms with E-state index in [2.05, 4.69) is 56.1 Å². The summed E-state index contributed by atoms with van der Waals surface area (Å²) in [6.45, 7) is 4.49. The predicted octanol–water partition coefficient (Wildman–Crippen LogP) is 7.39. The molecular weight excluding hydrogens is 415 g/mol. The van der Waals surface area contributed by atoms with Crippen molar-refractivity contribution in [3.63, 3.8) is 0 Å². The molecule has 0 N–H and O–H groups in total. The highest BCUT2D eigenvalue weighted by atomic mass is 35.5. The fourth-order valence-corrected chi connectivity index (χ4v) is 4.24. The molecule has 0 aliphatic heterocycles. The van der Waals surface area contributed by atoms with Gasteiger partial charge in [0.05, 0.1) is 48.4 Å². The van der Waals surface area contributed by atoms with Crippen LogP contribution < -0.4 is 0 Å². The second-order valence-electron chi connectivity index (χ2n) is 10.9. The van der Waals surface area contributed by atoms with Gasteiger partial charge in [0.2, 0.25) is 0 Å². The van der Waals surface area contributed by atoms with Crippen LogP contribution in [0.4, 0.5) is 0 Å². The van der Waals surface area contributed by atoms with Crippen LogP contribution in [0.25, 0.3) is 0 Å². The minimum absolute atomic E-state index is 0.184. The summed E-state index contributed by atoms with van der Waals surface area (Å²) in [5, 5.41) is 0. The number of likely N-dealkylation sites (N-methyl/N-ethyl adjacent to an activating group) is 2. The Morgan fingerprint density at radius 3 is 1.30 bits per heavy atom. The first-order valence-electron chi connectivity index (χ1n) is 12.5. The number of hydrogen-bond donors (Lipinski definition) is 0. The van der Waals surface area contributed by atoms with E-state index >= 15 is 0 Å². The van der Waals surface area contributed by atoms with Gasteiger partial charge in [-0.3, -0.25) is 0 Å². The molecule has 0 aromatic heterocycles. The summed E-state index contributed by atoms with van der Waals surface area (Å²) >= 11 is 13.7. The summed E-state index contributed by atoms with van der Waals surface area (Å²) in [5.74, 6) is 0. The first kappa shape index (κ1) is 30.5. The highest BCUT2D eigenvalue weighted by Gasteiger charge is 2.44. The molecule has 0 bridgehead atoms. The van der Waals surface area contributed by atoms with Crippen molar-refractivity contribution in [2.75, 3.05) is 42.3 Å². The van der Waals surface area contributed by atoms with Gasteiger partial charge in [-0.05, 0) is 12.8 Å². The monoisotopic (exact) mass is 468 g/mol. The van der Waals surface area contributed by atoms with E-state index in [0.717, 1.165) is 12.8 Å². The standard InChI is InChI=1S/C25H54Cl2N2O/c1-9-11-12-13-14-15-16-17-18-19-20-21-22(10-2)30-23(24(26)28(3,4)5)25(27)29(6,7)8/h22-25H,9-21H2,1-8H3/q+2. The molecule has 0 aliphatic carbocycles. The van der Waals surface area contributed by atoms with Crippen molar-refractivity contribution in [1.82, 2.24) is 0 Å². The number of halogens is 2. The molecule has 0 aliphatic rings. The Bertz CT molecular complexity index is 387. The van der Waals surface area contributed by atoms with Gasteiger partial charge >= 0.3 is 0 Å². The number of nitrogens with zero attached hydrogens (tertiary/aromatic N) is 2. The normalized spacial score (nSPS) is 17.0. The molecule has 0 aromatic carbocycles. The first-order valence-corrected chi connectivity index (χ1v) is 13.4. The summed E-state index contributed by atoms with van der Waals surface area (Å²) in [5.41, 5.74) is -0.368. The van der Waals surface area contributed by atoms with Crippen molar-refractivity contribution >= 4 is 23.2 Å². The lowest BCUT2D eigenvalue weighted by atomic mass is 10.0. The second-order valence-corrected chi connectivity index (χ2v) is 11.8. The Kier molecular flexibility index (Phi) is 16.4. The highest BCUT2D eigenvalue weighted by molar-refractivity contribution is 6.23. The van der Waals surface area contributed by atoms with E-state index in [0.29, 0.717) is 8.97 Å². The van der Waals surface area contributed by atoms with E-state index in [-0.39, 0.29) is 23.2 Å². The van der Waals surface area contributed by atoms with E-state index in [1.165, 1.54) is 70.6 Å². The molecule has 0 rings (SSSR count). The molecule has 5 heteroatoms. The fourth-order valence-electron chi connectivity index (χ4n) is 3.77. The number of rotatable bonds is 19. The maximum atomic E-state index is 6.85. The molecule has 30 heavy (non-hydrogen) atoms. The van der Waals surface area contributed by atoms with E-state index in [1.807, 2.05) is 0 Å². The molecule has 0 saturated carbocycles. The van der Waals surface area contributed by atoms with Gasteiger partial charge < -0.3 is 13.7 Å². The number of ether oxygens (including phenoxy) is 1. The average molecular weight is 470 g/mol. The molecule has 0 amide bonds. The maximum absolute atomic E-state index is 6.85. The fraction of sp³-hybridized carbons (Fsp3) is 1.00. The van der Waals surface area contributed by atoms with Gasteiger partial charge in [-0.1, -0.05) is 108 Å². The quantitative estimate of drug-likeness (QED) is 0.0829. The highest BCUT2D eigenvalue weighted by Crippen LogP contribution is 2.28. The molecule has 0 saturated heterocycles. The smallest absolute Gasteiger partial charge is 0.198 e. The topological polar surface area (TPSA) is 9.23 Å². The third-order valence-electron chi connectivity index (χ3n) is 5.96. The summed E-state index contributed by atoms with van der Waals surface area (Å²) in [7, 11) is 12.7. The molecule has 0 spiro atoms. The Hall–Kier alpha value is 0.460. The number of hydrogen-bond acceptors (Lipinski definition) is 1. The molecule has 0 aromatic rings. The lowest BCUT2D eigenvalue weighted by Crippen LogP contribution is -2.59. The molecular formula is C25H54Cl2N2O+2. The van der Waals surface area contributed by atoms with Crippen molar-refractivity contribution in [2.45, 2.75) is 121 Å². The molecule has 3 nitrogen and oxygen atoms in total. The van der Waals surface area contributed by atoms with Crippen LogP contribution in [0.3, 0.4) is 0 Å². The molecule has 3 atom stereocenters. The minimum atomic E-state index is -0.189. The van der Waals surface area contributed by atoms with Crippen molar-refractivity contribution in [3.05, 3.63) is 0 Å². The third kappa shape index (κ3) is 13.8. The van der Waals surface area contributed by atoms with Crippen LogP contribution >= 0.6 is 23.2 Å². The Morgan fingerprint density at radius 1 is 0.600 bits per heavy atom. The van der Waals surface area contributed by atoms with Crippen molar-refractivity contribution in [1.29, 1.82) is 0 Å². The van der Waals surface area contributed by atoms with Gasteiger partial charge in [-0.15, -0.1) is 0 Å². The van der Waals surface area contributed by atoms with Crippen LogP contribution in [0, 0.1) is 0 Å². The summed E-state index contributed by atoms with van der Waals surface area (Å²) in [6, 6.07) is 0. The van der Waals surface area contributed by atoms with Crippen LogP contribution in [-0.4, -0.2) is 74.5 Å². The van der Waals surface area contributed by atoms with Crippen molar-refractivity contribution < 1.29 is 13.7 Å². The van der Waals surface area contributed by atoms with E-state index < -0.39 is 0 Å². The maximum Gasteiger partial charge on any atom is 0.198 e. The molecule has 0 radical (unpaired) electrons. The van der Waals surface area contributed by atoms with E-state index in [9.17, 15) is 0 Å². The molecule has 0 fully saturated rings. The second kappa shape index (κ2) is 16.1. The van der Waals surface area contributed by atoms with Crippen LogP contribution in [0.1, 0.15) is 97.3 Å². The van der Waals surface area contributed by atoms with Gasteiger partial charge in [0.15, 0.2) is 17.1 Å². The molecule has 3 unspecified atom stereocenters. The lowest BCUT2D eigenvalue weighted by Gasteiger charge is -2.41. The third-order valence-corrected chi connectivity index (χ3v) is 7.62.